The van der Waals surface area contributed by atoms with E-state index in [2.05, 4.69) is 47.5 Å². The summed E-state index contributed by atoms with van der Waals surface area (Å²) in [5, 5.41) is 19.2. The Kier molecular flexibility index (Phi) is 8.24. The molecule has 9 nitrogen and oxygen atoms in total. The zero-order chi connectivity index (χ0) is 25.5. The molecule has 0 aliphatic carbocycles. The number of hydrogen-bond acceptors (Lipinski definition) is 6. The fourth-order valence-corrected chi connectivity index (χ4v) is 3.98. The van der Waals surface area contributed by atoms with Gasteiger partial charge in [-0.25, -0.2) is 5.43 Å². The van der Waals surface area contributed by atoms with Gasteiger partial charge in [-0.2, -0.15) is 10.2 Å². The number of halogens is 2. The number of nitro groups is 1. The van der Waals surface area contributed by atoms with Crippen molar-refractivity contribution in [2.45, 2.75) is 13.2 Å². The predicted octanol–water partition coefficient (Wildman–Crippen LogP) is 5.71. The lowest BCUT2D eigenvalue weighted by molar-refractivity contribution is -0.384. The van der Waals surface area contributed by atoms with Crippen LogP contribution < -0.4 is 10.2 Å². The molecular formula is C25H19Br2N5O4. The summed E-state index contributed by atoms with van der Waals surface area (Å²) in [7, 11) is 0. The molecule has 11 heteroatoms. The number of hydrogen-bond donors (Lipinski definition) is 1. The molecule has 1 N–H and O–H groups in total. The SMILES string of the molecule is O=C(N/N=C/c1ccccc1OCc1ccc(Br)cc1)c1nn(Cc2ccc([N+](=O)[O-])cc2)cc1Br. The highest BCUT2D eigenvalue weighted by molar-refractivity contribution is 9.10. The van der Waals surface area contributed by atoms with Gasteiger partial charge in [0, 0.05) is 28.4 Å². The van der Waals surface area contributed by atoms with Crippen LogP contribution in [0.2, 0.25) is 0 Å². The first kappa shape index (κ1) is 25.3. The highest BCUT2D eigenvalue weighted by atomic mass is 79.9. The number of rotatable bonds is 9. The Morgan fingerprint density at radius 2 is 1.75 bits per heavy atom. The number of nitrogens with one attached hydrogen (secondary N) is 1. The van der Waals surface area contributed by atoms with Crippen LogP contribution in [0, 0.1) is 10.1 Å². The van der Waals surface area contributed by atoms with E-state index in [4.69, 9.17) is 4.74 Å². The molecule has 182 valence electrons. The molecule has 0 aliphatic rings. The Morgan fingerprint density at radius 3 is 2.47 bits per heavy atom. The van der Waals surface area contributed by atoms with Gasteiger partial charge in [-0.1, -0.05) is 52.3 Å². The molecule has 4 rings (SSSR count). The van der Waals surface area contributed by atoms with E-state index in [1.54, 1.807) is 23.0 Å². The lowest BCUT2D eigenvalue weighted by atomic mass is 10.2. The first-order chi connectivity index (χ1) is 17.4. The maximum absolute atomic E-state index is 12.6. The predicted molar refractivity (Wildman–Crippen MR) is 142 cm³/mol. The molecule has 0 saturated heterocycles. The quantitative estimate of drug-likeness (QED) is 0.148. The lowest BCUT2D eigenvalue weighted by Crippen LogP contribution is -2.19. The van der Waals surface area contributed by atoms with Crippen molar-refractivity contribution in [2.24, 2.45) is 5.10 Å². The molecule has 3 aromatic carbocycles. The number of nitro benzene ring substituents is 1. The smallest absolute Gasteiger partial charge is 0.293 e. The molecule has 0 atom stereocenters. The molecular weight excluding hydrogens is 594 g/mol. The van der Waals surface area contributed by atoms with Crippen LogP contribution in [0.4, 0.5) is 5.69 Å². The molecule has 0 unspecified atom stereocenters. The van der Waals surface area contributed by atoms with Crippen LogP contribution in [0.5, 0.6) is 5.75 Å². The fourth-order valence-electron chi connectivity index (χ4n) is 3.22. The third-order valence-corrected chi connectivity index (χ3v) is 6.13. The molecule has 0 aliphatic heterocycles. The van der Waals surface area contributed by atoms with E-state index in [1.807, 2.05) is 48.5 Å². The second-order valence-corrected chi connectivity index (χ2v) is 9.37. The Morgan fingerprint density at radius 1 is 1.06 bits per heavy atom. The topological polar surface area (TPSA) is 112 Å². The number of nitrogens with zero attached hydrogens (tertiary/aromatic N) is 4. The number of para-hydroxylation sites is 1. The van der Waals surface area contributed by atoms with Crippen LogP contribution in [0.3, 0.4) is 0 Å². The average Bonchev–Trinajstić information content (AvgIpc) is 3.24. The number of ether oxygens (including phenoxy) is 1. The van der Waals surface area contributed by atoms with Crippen molar-refractivity contribution in [2.75, 3.05) is 0 Å². The van der Waals surface area contributed by atoms with Gasteiger partial charge in [0.2, 0.25) is 0 Å². The van der Waals surface area contributed by atoms with Crippen LogP contribution in [-0.4, -0.2) is 26.8 Å². The summed E-state index contributed by atoms with van der Waals surface area (Å²) in [6.07, 6.45) is 3.17. The molecule has 4 aromatic rings. The summed E-state index contributed by atoms with van der Waals surface area (Å²) >= 11 is 6.76. The summed E-state index contributed by atoms with van der Waals surface area (Å²) in [5.41, 5.74) is 5.19. The number of carbonyl (C=O) groups is 1. The molecule has 0 radical (unpaired) electrons. The van der Waals surface area contributed by atoms with E-state index < -0.39 is 10.8 Å². The number of amides is 1. The standard InChI is InChI=1S/C25H19Br2N5O4/c26-20-9-5-18(6-10-20)16-36-23-4-2-1-3-19(23)13-28-29-25(33)24-22(27)15-31(30-24)14-17-7-11-21(12-8-17)32(34)35/h1-13,15H,14,16H2,(H,29,33)/b28-13+. The van der Waals surface area contributed by atoms with Gasteiger partial charge in [0.1, 0.15) is 12.4 Å². The normalized spacial score (nSPS) is 10.9. The second kappa shape index (κ2) is 11.7. The minimum atomic E-state index is -0.492. The molecule has 0 fully saturated rings. The highest BCUT2D eigenvalue weighted by Gasteiger charge is 2.15. The average molecular weight is 613 g/mol. The van der Waals surface area contributed by atoms with E-state index in [0.29, 0.717) is 28.9 Å². The molecule has 0 saturated carbocycles. The second-order valence-electron chi connectivity index (χ2n) is 7.60. The number of benzene rings is 3. The first-order valence-electron chi connectivity index (χ1n) is 10.6. The monoisotopic (exact) mass is 611 g/mol. The van der Waals surface area contributed by atoms with Crippen molar-refractivity contribution in [1.29, 1.82) is 0 Å². The third kappa shape index (κ3) is 6.64. The fraction of sp³-hybridized carbons (Fsp3) is 0.0800. The third-order valence-electron chi connectivity index (χ3n) is 5.02. The maximum Gasteiger partial charge on any atom is 0.293 e. The van der Waals surface area contributed by atoms with Crippen LogP contribution in [0.1, 0.15) is 27.2 Å². The highest BCUT2D eigenvalue weighted by Crippen LogP contribution is 2.20. The van der Waals surface area contributed by atoms with E-state index in [-0.39, 0.29) is 11.4 Å². The molecule has 36 heavy (non-hydrogen) atoms. The van der Waals surface area contributed by atoms with Crippen molar-refractivity contribution >= 4 is 49.7 Å². The molecule has 1 aromatic heterocycles. The van der Waals surface area contributed by atoms with Crippen LogP contribution in [-0.2, 0) is 13.2 Å². The Balaban J connectivity index is 1.37. The molecule has 0 spiro atoms. The Labute approximate surface area is 223 Å². The maximum atomic E-state index is 12.6. The van der Waals surface area contributed by atoms with Crippen LogP contribution in [0.25, 0.3) is 0 Å². The summed E-state index contributed by atoms with van der Waals surface area (Å²) in [4.78, 5) is 23.0. The summed E-state index contributed by atoms with van der Waals surface area (Å²) in [5.74, 6) is 0.140. The van der Waals surface area contributed by atoms with Gasteiger partial charge < -0.3 is 4.74 Å². The van der Waals surface area contributed by atoms with Crippen molar-refractivity contribution in [3.05, 3.63) is 120 Å². The summed E-state index contributed by atoms with van der Waals surface area (Å²) in [6, 6.07) is 21.4. The first-order valence-corrected chi connectivity index (χ1v) is 12.2. The van der Waals surface area contributed by atoms with Crippen molar-refractivity contribution in [3.8, 4) is 5.75 Å². The largest absolute Gasteiger partial charge is 0.488 e. The molecule has 1 amide bonds. The zero-order valence-corrected chi connectivity index (χ0v) is 21.8. The Bertz CT molecular complexity index is 1400. The van der Waals surface area contributed by atoms with Crippen LogP contribution in [0.15, 0.2) is 93.0 Å². The van der Waals surface area contributed by atoms with Gasteiger partial charge in [-0.05, 0) is 51.3 Å². The molecule has 1 heterocycles. The van der Waals surface area contributed by atoms with Crippen molar-refractivity contribution in [3.63, 3.8) is 0 Å². The number of non-ortho nitro benzene ring substituents is 1. The van der Waals surface area contributed by atoms with Crippen molar-refractivity contribution < 1.29 is 14.5 Å². The van der Waals surface area contributed by atoms with Gasteiger partial charge in [0.15, 0.2) is 5.69 Å². The zero-order valence-electron chi connectivity index (χ0n) is 18.7. The number of aromatic nitrogens is 2. The van der Waals surface area contributed by atoms with Gasteiger partial charge >= 0.3 is 0 Å². The van der Waals surface area contributed by atoms with E-state index >= 15 is 0 Å². The van der Waals surface area contributed by atoms with Gasteiger partial charge in [0.05, 0.1) is 22.2 Å². The van der Waals surface area contributed by atoms with Gasteiger partial charge in [-0.15, -0.1) is 0 Å². The molecule has 0 bridgehead atoms. The summed E-state index contributed by atoms with van der Waals surface area (Å²) in [6.45, 7) is 0.736. The lowest BCUT2D eigenvalue weighted by Gasteiger charge is -2.09. The van der Waals surface area contributed by atoms with E-state index in [9.17, 15) is 14.9 Å². The van der Waals surface area contributed by atoms with Gasteiger partial charge in [0.25, 0.3) is 11.6 Å². The van der Waals surface area contributed by atoms with Crippen molar-refractivity contribution in [1.82, 2.24) is 15.2 Å². The van der Waals surface area contributed by atoms with Gasteiger partial charge in [-0.3, -0.25) is 19.6 Å². The van der Waals surface area contributed by atoms with Crippen LogP contribution >= 0.6 is 31.9 Å². The Hall–Kier alpha value is -3.83. The van der Waals surface area contributed by atoms with E-state index in [0.717, 1.165) is 15.6 Å². The minimum Gasteiger partial charge on any atom is -0.488 e. The number of carbonyl (C=O) groups excluding carboxylic acids is 1. The number of hydrazone groups is 1. The van der Waals surface area contributed by atoms with E-state index in [1.165, 1.54) is 18.3 Å². The minimum absolute atomic E-state index is 0.0126. The summed E-state index contributed by atoms with van der Waals surface area (Å²) < 4.78 is 8.98.